The van der Waals surface area contributed by atoms with Crippen LogP contribution in [0.1, 0.15) is 47.2 Å². The largest absolute Gasteiger partial charge is 0.457 e. The van der Waals surface area contributed by atoms with Gasteiger partial charge in [0.05, 0.1) is 16.8 Å². The molecule has 466 valence electrons. The fourth-order valence-corrected chi connectivity index (χ4v) is 16.7. The zero-order valence-corrected chi connectivity index (χ0v) is 54.9. The molecule has 0 aliphatic carbocycles. The van der Waals surface area contributed by atoms with Crippen LogP contribution >= 0.6 is 0 Å². The summed E-state index contributed by atoms with van der Waals surface area (Å²) in [6.07, 6.45) is 0. The van der Waals surface area contributed by atoms with E-state index in [1.165, 1.54) is 22.1 Å². The summed E-state index contributed by atoms with van der Waals surface area (Å²) in [4.78, 5) is 5.25. The van der Waals surface area contributed by atoms with Crippen molar-refractivity contribution < 1.29 is 9.47 Å². The number of fused-ring (bicyclic) bond motifs is 8. The Bertz CT molecular complexity index is 5550. The Balaban J connectivity index is 0.963. The molecule has 0 spiro atoms. The highest BCUT2D eigenvalue weighted by Crippen LogP contribution is 2.59. The van der Waals surface area contributed by atoms with Crippen molar-refractivity contribution in [3.63, 3.8) is 0 Å². The van der Waals surface area contributed by atoms with Crippen molar-refractivity contribution in [2.24, 2.45) is 0 Å². The third-order valence-electron chi connectivity index (χ3n) is 21.2. The molecule has 4 nitrogen and oxygen atoms in total. The lowest BCUT2D eigenvalue weighted by atomic mass is 9.33. The number of ether oxygens (including phenoxy) is 2. The highest BCUT2D eigenvalue weighted by atomic mass is 16.5. The Labute approximate surface area is 578 Å². The van der Waals surface area contributed by atoms with Gasteiger partial charge in [-0.25, -0.2) is 0 Å². The van der Waals surface area contributed by atoms with Crippen molar-refractivity contribution in [3.8, 4) is 89.8 Å². The molecule has 5 heteroatoms. The normalized spacial score (nSPS) is 13.8. The van der Waals surface area contributed by atoms with Crippen LogP contribution in [0.15, 0.2) is 358 Å². The Kier molecular flexibility index (Phi) is 13.6. The third-order valence-corrected chi connectivity index (χ3v) is 21.2. The van der Waals surface area contributed by atoms with Crippen molar-refractivity contribution in [2.45, 2.75) is 24.7 Å². The van der Waals surface area contributed by atoms with Gasteiger partial charge in [0.15, 0.2) is 0 Å². The fraction of sp³-hybridized carbons (Fsp3) is 0.0426. The summed E-state index contributed by atoms with van der Waals surface area (Å²) in [5.41, 5.74) is 29.0. The summed E-state index contributed by atoms with van der Waals surface area (Å²) < 4.78 is 14.6. The van der Waals surface area contributed by atoms with Crippen molar-refractivity contribution >= 4 is 57.2 Å². The second-order valence-electron chi connectivity index (χ2n) is 27.0. The molecular formula is C94H65BN2O2. The molecule has 0 atom stereocenters. The maximum absolute atomic E-state index is 7.36. The van der Waals surface area contributed by atoms with E-state index in [0.29, 0.717) is 0 Å². The first-order chi connectivity index (χ1) is 48.9. The van der Waals surface area contributed by atoms with Crippen LogP contribution in [-0.4, -0.2) is 6.71 Å². The second-order valence-corrected chi connectivity index (χ2v) is 27.0. The van der Waals surface area contributed by atoms with Gasteiger partial charge in [-0.15, -0.1) is 0 Å². The average molecular weight is 1270 g/mol. The van der Waals surface area contributed by atoms with Gasteiger partial charge in [0, 0.05) is 67.1 Å². The SMILES string of the molecule is CC1(C)c2ccccc2Oc2cc3c(cc21)N(c1ccc(-c2ccccc2)cc1-c1ccccc1)c1cc(-c2ccc4c(c2)Oc2ccccc2C4(c2ccccc2)c2ccccc2)cc2c1B3c1cc(-c3ccccc3)ccc1N2c1c(-c2ccccc2)cccc1-c1ccccc1. The Morgan fingerprint density at radius 1 is 0.253 bits per heavy atom. The van der Waals surface area contributed by atoms with Gasteiger partial charge in [-0.05, 0) is 138 Å². The van der Waals surface area contributed by atoms with Gasteiger partial charge in [0.2, 0.25) is 0 Å². The van der Waals surface area contributed by atoms with Crippen molar-refractivity contribution in [1.82, 2.24) is 0 Å². The predicted octanol–water partition coefficient (Wildman–Crippen LogP) is 22.7. The van der Waals surface area contributed by atoms with Crippen LogP contribution in [0.5, 0.6) is 23.0 Å². The third kappa shape index (κ3) is 9.22. The highest BCUT2D eigenvalue weighted by molar-refractivity contribution is 7.00. The van der Waals surface area contributed by atoms with Crippen molar-refractivity contribution in [1.29, 1.82) is 0 Å². The smallest absolute Gasteiger partial charge is 0.252 e. The van der Waals surface area contributed by atoms with Gasteiger partial charge in [-0.1, -0.05) is 311 Å². The number of hydrogen-bond acceptors (Lipinski definition) is 4. The minimum Gasteiger partial charge on any atom is -0.457 e. The predicted molar refractivity (Wildman–Crippen MR) is 410 cm³/mol. The lowest BCUT2D eigenvalue weighted by molar-refractivity contribution is 0.418. The number of nitrogens with zero attached hydrogens (tertiary/aromatic N) is 2. The molecule has 0 amide bonds. The number of hydrogen-bond donors (Lipinski definition) is 0. The Morgan fingerprint density at radius 3 is 1.25 bits per heavy atom. The molecule has 4 aliphatic rings. The van der Waals surface area contributed by atoms with Gasteiger partial charge in [0.1, 0.15) is 23.0 Å². The maximum Gasteiger partial charge on any atom is 0.252 e. The van der Waals surface area contributed by atoms with Crippen molar-refractivity contribution in [3.05, 3.63) is 391 Å². The molecule has 0 saturated carbocycles. The molecule has 99 heavy (non-hydrogen) atoms. The lowest BCUT2D eigenvalue weighted by Crippen LogP contribution is -2.61. The molecule has 4 heterocycles. The standard InChI is InChI=1S/C94H65BN2O2/c1-93(2)76-45-24-26-47-87(76)98-90-61-81-84(60-79(90)93)96(82-53-50-67(62-29-10-3-11-30-62)55-75(82)66-37-18-7-19-38-66)85-57-70(69-49-52-78-89(59-69)99-88-48-27-25-46-77(88)94(78,71-39-20-8-21-40-71)72-41-22-9-23-42-72)58-86-91(85)95(81)80-56-68(63-31-12-4-13-32-63)51-54-83(80)97(86)92-73(64-33-14-5-15-34-64)43-28-44-74(92)65-35-16-6-17-36-65/h3-61H,1-2H3. The lowest BCUT2D eigenvalue weighted by Gasteiger charge is -2.46. The van der Waals surface area contributed by atoms with Gasteiger partial charge in [-0.3, -0.25) is 0 Å². The monoisotopic (exact) mass is 1260 g/mol. The number of para-hydroxylation sites is 3. The van der Waals surface area contributed by atoms with Crippen LogP contribution in [-0.2, 0) is 10.8 Å². The molecule has 0 aromatic heterocycles. The minimum absolute atomic E-state index is 0.298. The summed E-state index contributed by atoms with van der Waals surface area (Å²) in [5.74, 6) is 3.38. The average Bonchev–Trinajstić information content (AvgIpc) is 0.688. The van der Waals surface area contributed by atoms with Crippen LogP contribution in [0.25, 0.3) is 66.8 Å². The molecule has 0 N–H and O–H groups in total. The molecule has 0 fully saturated rings. The van der Waals surface area contributed by atoms with Crippen LogP contribution in [0.2, 0.25) is 0 Å². The maximum atomic E-state index is 7.36. The van der Waals surface area contributed by atoms with Gasteiger partial charge < -0.3 is 19.3 Å². The van der Waals surface area contributed by atoms with Crippen LogP contribution in [0.3, 0.4) is 0 Å². The quantitative estimate of drug-likeness (QED) is 0.127. The number of anilines is 6. The van der Waals surface area contributed by atoms with E-state index in [2.05, 4.69) is 382 Å². The molecule has 19 rings (SSSR count). The molecule has 0 bridgehead atoms. The first kappa shape index (κ1) is 58.0. The van der Waals surface area contributed by atoms with E-state index in [1.54, 1.807) is 0 Å². The van der Waals surface area contributed by atoms with E-state index in [9.17, 15) is 0 Å². The Hall–Kier alpha value is -12.4. The molecule has 4 aliphatic heterocycles. The summed E-state index contributed by atoms with van der Waals surface area (Å²) in [6, 6.07) is 132. The fourth-order valence-electron chi connectivity index (χ4n) is 16.7. The van der Waals surface area contributed by atoms with E-state index in [1.807, 2.05) is 0 Å². The number of benzene rings is 15. The molecule has 0 radical (unpaired) electrons. The molecule has 0 unspecified atom stereocenters. The van der Waals surface area contributed by atoms with Gasteiger partial charge in [-0.2, -0.15) is 0 Å². The summed E-state index contributed by atoms with van der Waals surface area (Å²) >= 11 is 0. The summed E-state index contributed by atoms with van der Waals surface area (Å²) in [7, 11) is 0. The first-order valence-corrected chi connectivity index (χ1v) is 34.3. The topological polar surface area (TPSA) is 24.9 Å². The van der Waals surface area contributed by atoms with E-state index in [0.717, 1.165) is 152 Å². The van der Waals surface area contributed by atoms with Gasteiger partial charge >= 0.3 is 0 Å². The van der Waals surface area contributed by atoms with E-state index in [-0.39, 0.29) is 6.71 Å². The van der Waals surface area contributed by atoms with Gasteiger partial charge in [0.25, 0.3) is 6.71 Å². The summed E-state index contributed by atoms with van der Waals surface area (Å²) in [6.45, 7) is 4.42. The zero-order valence-electron chi connectivity index (χ0n) is 54.9. The van der Waals surface area contributed by atoms with Crippen LogP contribution < -0.4 is 35.7 Å². The summed E-state index contributed by atoms with van der Waals surface area (Å²) in [5, 5.41) is 0. The molecule has 0 saturated heterocycles. The van der Waals surface area contributed by atoms with E-state index < -0.39 is 10.8 Å². The number of rotatable bonds is 10. The first-order valence-electron chi connectivity index (χ1n) is 34.3. The van der Waals surface area contributed by atoms with Crippen molar-refractivity contribution in [2.75, 3.05) is 9.80 Å². The zero-order chi connectivity index (χ0) is 65.8. The Morgan fingerprint density at radius 2 is 0.677 bits per heavy atom. The van der Waals surface area contributed by atoms with E-state index in [4.69, 9.17) is 9.47 Å². The molecule has 15 aromatic carbocycles. The van der Waals surface area contributed by atoms with Crippen LogP contribution in [0.4, 0.5) is 34.1 Å². The highest BCUT2D eigenvalue weighted by Gasteiger charge is 2.49. The molecular weight excluding hydrogens is 1200 g/mol. The van der Waals surface area contributed by atoms with E-state index >= 15 is 0 Å². The van der Waals surface area contributed by atoms with Crippen LogP contribution in [0, 0.1) is 0 Å². The molecule has 15 aromatic rings. The minimum atomic E-state index is -0.703. The second kappa shape index (κ2) is 23.2.